The van der Waals surface area contributed by atoms with Gasteiger partial charge in [0.05, 0.1) is 10.6 Å². The zero-order valence-corrected chi connectivity index (χ0v) is 23.8. The van der Waals surface area contributed by atoms with E-state index < -0.39 is 34.3 Å². The molecule has 0 unspecified atom stereocenters. The van der Waals surface area contributed by atoms with Gasteiger partial charge in [-0.25, -0.2) is 12.8 Å². The van der Waals surface area contributed by atoms with E-state index in [1.165, 1.54) is 41.3 Å². The number of hydrogen-bond acceptors (Lipinski definition) is 4. The summed E-state index contributed by atoms with van der Waals surface area (Å²) in [6, 6.07) is 18.2. The monoisotopic (exact) mass is 553 g/mol. The first kappa shape index (κ1) is 29.8. The number of halogens is 1. The molecule has 2 amide bonds. The van der Waals surface area contributed by atoms with Crippen LogP contribution in [0.25, 0.3) is 0 Å². The number of hydrogen-bond donors (Lipinski definition) is 1. The second-order valence-corrected chi connectivity index (χ2v) is 11.7. The Kier molecular flexibility index (Phi) is 9.86. The highest BCUT2D eigenvalue weighted by molar-refractivity contribution is 7.92. The highest BCUT2D eigenvalue weighted by Crippen LogP contribution is 2.27. The van der Waals surface area contributed by atoms with Crippen molar-refractivity contribution in [3.63, 3.8) is 0 Å². The van der Waals surface area contributed by atoms with Gasteiger partial charge in [0, 0.05) is 13.1 Å². The Hall–Kier alpha value is -3.72. The predicted molar refractivity (Wildman–Crippen MR) is 151 cm³/mol. The molecular weight excluding hydrogens is 517 g/mol. The molecule has 1 atom stereocenters. The maximum Gasteiger partial charge on any atom is 0.264 e. The van der Waals surface area contributed by atoms with Gasteiger partial charge in [0.2, 0.25) is 11.8 Å². The van der Waals surface area contributed by atoms with Gasteiger partial charge in [-0.1, -0.05) is 55.8 Å². The third-order valence-corrected chi connectivity index (χ3v) is 8.31. The molecule has 0 spiro atoms. The number of carbonyl (C=O) groups is 2. The van der Waals surface area contributed by atoms with Crippen LogP contribution in [0.3, 0.4) is 0 Å². The molecule has 0 saturated heterocycles. The van der Waals surface area contributed by atoms with E-state index in [-0.39, 0.29) is 23.3 Å². The fourth-order valence-electron chi connectivity index (χ4n) is 4.08. The van der Waals surface area contributed by atoms with Crippen molar-refractivity contribution >= 4 is 27.5 Å². The van der Waals surface area contributed by atoms with Gasteiger partial charge in [0.1, 0.15) is 18.4 Å². The summed E-state index contributed by atoms with van der Waals surface area (Å²) < 4.78 is 42.3. The number of benzene rings is 3. The number of anilines is 1. The van der Waals surface area contributed by atoms with E-state index in [2.05, 4.69) is 5.32 Å². The first-order valence-electron chi connectivity index (χ1n) is 12.9. The first-order valence-corrected chi connectivity index (χ1v) is 14.4. The highest BCUT2D eigenvalue weighted by atomic mass is 32.2. The number of aryl methyl sites for hydroxylation is 1. The lowest BCUT2D eigenvalue weighted by molar-refractivity contribution is -0.139. The average Bonchev–Trinajstić information content (AvgIpc) is 2.91. The number of likely N-dealkylation sites (N-methyl/N-ethyl adjacent to an activating group) is 1. The summed E-state index contributed by atoms with van der Waals surface area (Å²) in [4.78, 5) is 27.9. The first-order chi connectivity index (χ1) is 18.4. The summed E-state index contributed by atoms with van der Waals surface area (Å²) in [5.41, 5.74) is 2.87. The lowest BCUT2D eigenvalue weighted by atomic mass is 10.0. The van der Waals surface area contributed by atoms with E-state index in [0.29, 0.717) is 17.8 Å². The van der Waals surface area contributed by atoms with E-state index >= 15 is 0 Å². The Bertz CT molecular complexity index is 1370. The Balaban J connectivity index is 2.03. The largest absolute Gasteiger partial charge is 0.355 e. The van der Waals surface area contributed by atoms with E-state index in [1.807, 2.05) is 32.9 Å². The third kappa shape index (κ3) is 7.44. The predicted octanol–water partition coefficient (Wildman–Crippen LogP) is 5.01. The van der Waals surface area contributed by atoms with Crippen LogP contribution in [0.2, 0.25) is 0 Å². The minimum absolute atomic E-state index is 0.00210. The van der Waals surface area contributed by atoms with Crippen molar-refractivity contribution < 1.29 is 22.4 Å². The molecule has 0 aromatic heterocycles. The number of rotatable bonds is 11. The molecule has 0 aliphatic rings. The van der Waals surface area contributed by atoms with E-state index in [1.54, 1.807) is 38.1 Å². The van der Waals surface area contributed by atoms with Crippen LogP contribution >= 0.6 is 0 Å². The Morgan fingerprint density at radius 3 is 2.03 bits per heavy atom. The van der Waals surface area contributed by atoms with Crippen LogP contribution in [0, 0.1) is 12.7 Å². The zero-order valence-electron chi connectivity index (χ0n) is 23.0. The average molecular weight is 554 g/mol. The fourth-order valence-corrected chi connectivity index (χ4v) is 5.50. The van der Waals surface area contributed by atoms with Crippen LogP contribution in [0.4, 0.5) is 10.1 Å². The number of amides is 2. The standard InChI is InChI=1S/C30H36FN3O4S/c1-6-32-30(36)23(5)33(19-24-9-13-26(31)14-10-24)29(35)20-34(27-15-11-25(12-16-27)21(2)3)39(37,38)28-17-7-22(4)8-18-28/h7-18,21,23H,6,19-20H2,1-5H3,(H,32,36)/t23-/m0/s1. The highest BCUT2D eigenvalue weighted by Gasteiger charge is 2.32. The van der Waals surface area contributed by atoms with Crippen LogP contribution in [0.5, 0.6) is 0 Å². The molecule has 0 bridgehead atoms. The second kappa shape index (κ2) is 12.9. The normalized spacial score (nSPS) is 12.2. The number of carbonyl (C=O) groups excluding carboxylic acids is 2. The van der Waals surface area contributed by atoms with Crippen molar-refractivity contribution in [1.29, 1.82) is 0 Å². The molecule has 3 rings (SSSR count). The van der Waals surface area contributed by atoms with Gasteiger partial charge >= 0.3 is 0 Å². The SMILES string of the molecule is CCNC(=O)[C@H](C)N(Cc1ccc(F)cc1)C(=O)CN(c1ccc(C(C)C)cc1)S(=O)(=O)c1ccc(C)cc1. The molecule has 0 fully saturated rings. The van der Waals surface area contributed by atoms with Crippen molar-refractivity contribution in [3.8, 4) is 0 Å². The van der Waals surface area contributed by atoms with Crippen LogP contribution in [-0.4, -0.2) is 44.3 Å². The number of sulfonamides is 1. The topological polar surface area (TPSA) is 86.8 Å². The smallest absolute Gasteiger partial charge is 0.264 e. The summed E-state index contributed by atoms with van der Waals surface area (Å²) in [6.45, 7) is 9.14. The number of nitrogens with one attached hydrogen (secondary N) is 1. The minimum Gasteiger partial charge on any atom is -0.355 e. The van der Waals surface area contributed by atoms with Crippen LogP contribution < -0.4 is 9.62 Å². The van der Waals surface area contributed by atoms with Crippen molar-refractivity contribution in [1.82, 2.24) is 10.2 Å². The molecule has 3 aromatic rings. The van der Waals surface area contributed by atoms with Crippen LogP contribution in [-0.2, 0) is 26.2 Å². The molecule has 0 aliphatic heterocycles. The van der Waals surface area contributed by atoms with Crippen molar-refractivity contribution in [2.24, 2.45) is 0 Å². The van der Waals surface area contributed by atoms with Crippen LogP contribution in [0.1, 0.15) is 50.3 Å². The van der Waals surface area contributed by atoms with Crippen molar-refractivity contribution in [2.45, 2.75) is 58.0 Å². The lowest BCUT2D eigenvalue weighted by Crippen LogP contribution is -2.51. The van der Waals surface area contributed by atoms with E-state index in [4.69, 9.17) is 0 Å². The molecule has 1 N–H and O–H groups in total. The molecule has 208 valence electrons. The third-order valence-electron chi connectivity index (χ3n) is 6.52. The summed E-state index contributed by atoms with van der Waals surface area (Å²) >= 11 is 0. The maximum absolute atomic E-state index is 13.9. The lowest BCUT2D eigenvalue weighted by Gasteiger charge is -2.32. The molecule has 0 saturated carbocycles. The molecule has 9 heteroatoms. The molecule has 7 nitrogen and oxygen atoms in total. The van der Waals surface area contributed by atoms with Gasteiger partial charge < -0.3 is 10.2 Å². The van der Waals surface area contributed by atoms with Gasteiger partial charge in [0.15, 0.2) is 0 Å². The summed E-state index contributed by atoms with van der Waals surface area (Å²) in [6.07, 6.45) is 0. The van der Waals surface area contributed by atoms with Gasteiger partial charge in [0.25, 0.3) is 10.0 Å². The van der Waals surface area contributed by atoms with Gasteiger partial charge in [-0.15, -0.1) is 0 Å². The van der Waals surface area contributed by atoms with Gasteiger partial charge in [-0.05, 0) is 74.2 Å². The molecule has 39 heavy (non-hydrogen) atoms. The summed E-state index contributed by atoms with van der Waals surface area (Å²) in [5.74, 6) is -1.12. The summed E-state index contributed by atoms with van der Waals surface area (Å²) in [7, 11) is -4.13. The zero-order chi connectivity index (χ0) is 28.7. The van der Waals surface area contributed by atoms with Gasteiger partial charge in [-0.2, -0.15) is 0 Å². The van der Waals surface area contributed by atoms with E-state index in [9.17, 15) is 22.4 Å². The van der Waals surface area contributed by atoms with Gasteiger partial charge in [-0.3, -0.25) is 13.9 Å². The molecule has 0 heterocycles. The molecule has 0 radical (unpaired) electrons. The summed E-state index contributed by atoms with van der Waals surface area (Å²) in [5, 5.41) is 2.71. The maximum atomic E-state index is 13.9. The Morgan fingerprint density at radius 1 is 0.897 bits per heavy atom. The van der Waals surface area contributed by atoms with Crippen molar-refractivity contribution in [3.05, 3.63) is 95.3 Å². The minimum atomic E-state index is -4.13. The molecular formula is C30H36FN3O4S. The fraction of sp³-hybridized carbons (Fsp3) is 0.333. The second-order valence-electron chi connectivity index (χ2n) is 9.79. The molecule has 0 aliphatic carbocycles. The van der Waals surface area contributed by atoms with E-state index in [0.717, 1.165) is 15.4 Å². The Labute approximate surface area is 230 Å². The van der Waals surface area contributed by atoms with Crippen molar-refractivity contribution in [2.75, 3.05) is 17.4 Å². The Morgan fingerprint density at radius 2 is 1.49 bits per heavy atom. The quantitative estimate of drug-likeness (QED) is 0.362. The molecule has 3 aromatic carbocycles. The van der Waals surface area contributed by atoms with Crippen LogP contribution in [0.15, 0.2) is 77.7 Å². The number of nitrogens with zero attached hydrogens (tertiary/aromatic N) is 2.